The molecule has 0 bridgehead atoms. The van der Waals surface area contributed by atoms with Crippen LogP contribution < -0.4 is 11.1 Å². The van der Waals surface area contributed by atoms with Gasteiger partial charge in [-0.15, -0.1) is 0 Å². The van der Waals surface area contributed by atoms with Crippen LogP contribution in [0.2, 0.25) is 5.15 Å². The van der Waals surface area contributed by atoms with Gasteiger partial charge in [0, 0.05) is 17.4 Å². The van der Waals surface area contributed by atoms with Crippen molar-refractivity contribution in [2.45, 2.75) is 45.1 Å². The Balaban J connectivity index is 1.69. The molecule has 2 aromatic rings. The van der Waals surface area contributed by atoms with Crippen LogP contribution in [0.1, 0.15) is 37.7 Å². The van der Waals surface area contributed by atoms with Gasteiger partial charge >= 0.3 is 0 Å². The maximum Gasteiger partial charge on any atom is 0.241 e. The van der Waals surface area contributed by atoms with E-state index in [2.05, 4.69) is 10.3 Å². The van der Waals surface area contributed by atoms with E-state index in [0.29, 0.717) is 11.1 Å². The number of nitrogens with two attached hydrogens (primary N) is 1. The summed E-state index contributed by atoms with van der Waals surface area (Å²) in [7, 11) is 0. The Hall–Kier alpha value is -1.91. The van der Waals surface area contributed by atoms with Crippen molar-refractivity contribution in [1.82, 2.24) is 4.98 Å². The average Bonchev–Trinajstić information content (AvgIpc) is 2.63. The fraction of sp³-hybridized carbons (Fsp3) is 0.400. The number of hydrogen-bond donors (Lipinski definition) is 2. The number of carbonyl (C=O) groups excluding carboxylic acids is 1. The number of nitrogens with zero attached hydrogens (tertiary/aromatic N) is 1. The maximum absolute atomic E-state index is 12.4. The van der Waals surface area contributed by atoms with Gasteiger partial charge in [0.25, 0.3) is 0 Å². The zero-order valence-electron chi connectivity index (χ0n) is 14.5. The molecule has 1 atom stereocenters. The van der Waals surface area contributed by atoms with Gasteiger partial charge in [-0.1, -0.05) is 43.0 Å². The second-order valence-electron chi connectivity index (χ2n) is 6.78. The molecule has 0 saturated heterocycles. The predicted molar refractivity (Wildman–Crippen MR) is 103 cm³/mol. The Bertz CT molecular complexity index is 719. The number of benzene rings is 1. The molecular weight excluding hydrogens is 334 g/mol. The average molecular weight is 358 g/mol. The summed E-state index contributed by atoms with van der Waals surface area (Å²) in [5.74, 6) is 0.195. The first-order valence-corrected chi connectivity index (χ1v) is 9.22. The number of nitrogens with one attached hydrogen (secondary N) is 1. The van der Waals surface area contributed by atoms with Gasteiger partial charge in [-0.05, 0) is 55.0 Å². The van der Waals surface area contributed by atoms with Crippen molar-refractivity contribution in [2.75, 3.05) is 5.32 Å². The molecule has 1 fully saturated rings. The lowest BCUT2D eigenvalue weighted by Crippen LogP contribution is -2.42. The van der Waals surface area contributed by atoms with Gasteiger partial charge in [0.1, 0.15) is 5.15 Å². The van der Waals surface area contributed by atoms with Crippen LogP contribution >= 0.6 is 11.6 Å². The highest BCUT2D eigenvalue weighted by atomic mass is 35.5. The molecule has 4 nitrogen and oxygen atoms in total. The van der Waals surface area contributed by atoms with Crippen molar-refractivity contribution < 1.29 is 4.79 Å². The molecule has 25 heavy (non-hydrogen) atoms. The molecule has 132 valence electrons. The first-order valence-electron chi connectivity index (χ1n) is 8.84. The van der Waals surface area contributed by atoms with Crippen molar-refractivity contribution in [2.24, 2.45) is 11.7 Å². The van der Waals surface area contributed by atoms with Crippen molar-refractivity contribution in [3.05, 3.63) is 47.2 Å². The normalized spacial score (nSPS) is 16.4. The van der Waals surface area contributed by atoms with Crippen LogP contribution in [0.15, 0.2) is 36.5 Å². The topological polar surface area (TPSA) is 68.0 Å². The van der Waals surface area contributed by atoms with Gasteiger partial charge in [0.2, 0.25) is 5.91 Å². The van der Waals surface area contributed by atoms with Crippen LogP contribution in [0, 0.1) is 12.8 Å². The summed E-state index contributed by atoms with van der Waals surface area (Å²) in [5.41, 5.74) is 9.87. The number of anilines is 1. The van der Waals surface area contributed by atoms with Crippen LogP contribution in [0.5, 0.6) is 0 Å². The first-order chi connectivity index (χ1) is 12.1. The highest BCUT2D eigenvalue weighted by Gasteiger charge is 2.26. The number of rotatable bonds is 4. The lowest BCUT2D eigenvalue weighted by molar-refractivity contribution is -0.118. The predicted octanol–water partition coefficient (Wildman–Crippen LogP) is 4.56. The number of amides is 1. The second kappa shape index (κ2) is 7.98. The molecule has 3 N–H and O–H groups in total. The van der Waals surface area contributed by atoms with E-state index in [4.69, 9.17) is 17.3 Å². The van der Waals surface area contributed by atoms with Crippen LogP contribution in [0.4, 0.5) is 5.69 Å². The summed E-state index contributed by atoms with van der Waals surface area (Å²) in [6.07, 6.45) is 7.39. The van der Waals surface area contributed by atoms with E-state index in [1.165, 1.54) is 19.3 Å². The van der Waals surface area contributed by atoms with Crippen LogP contribution in [-0.4, -0.2) is 16.9 Å². The third kappa shape index (κ3) is 4.20. The lowest BCUT2D eigenvalue weighted by atomic mass is 9.84. The summed E-state index contributed by atoms with van der Waals surface area (Å²) in [6, 6.07) is 9.14. The third-order valence-electron chi connectivity index (χ3n) is 5.01. The second-order valence-corrected chi connectivity index (χ2v) is 7.14. The monoisotopic (exact) mass is 357 g/mol. The smallest absolute Gasteiger partial charge is 0.241 e. The van der Waals surface area contributed by atoms with Gasteiger partial charge in [0.05, 0.1) is 6.04 Å². The fourth-order valence-electron chi connectivity index (χ4n) is 3.53. The van der Waals surface area contributed by atoms with E-state index < -0.39 is 6.04 Å². The molecule has 1 aromatic heterocycles. The zero-order chi connectivity index (χ0) is 17.8. The maximum atomic E-state index is 12.4. The Morgan fingerprint density at radius 3 is 2.52 bits per heavy atom. The molecule has 1 amide bonds. The Morgan fingerprint density at radius 1 is 1.20 bits per heavy atom. The van der Waals surface area contributed by atoms with E-state index in [9.17, 15) is 4.79 Å². The Kier molecular flexibility index (Phi) is 5.71. The SMILES string of the molecule is Cc1ccnc(Cl)c1-c1ccc(NC(=O)[C@@H](N)C2CCCCC2)cc1. The van der Waals surface area contributed by atoms with Gasteiger partial charge in [0.15, 0.2) is 0 Å². The van der Waals surface area contributed by atoms with E-state index in [-0.39, 0.29) is 5.91 Å². The molecule has 1 aromatic carbocycles. The minimum atomic E-state index is -0.435. The molecule has 0 aliphatic heterocycles. The zero-order valence-corrected chi connectivity index (χ0v) is 15.2. The van der Waals surface area contributed by atoms with Crippen molar-refractivity contribution in [3.63, 3.8) is 0 Å². The van der Waals surface area contributed by atoms with Crippen molar-refractivity contribution in [3.8, 4) is 11.1 Å². The first kappa shape index (κ1) is 17.9. The quantitative estimate of drug-likeness (QED) is 0.788. The molecule has 5 heteroatoms. The van der Waals surface area contributed by atoms with E-state index in [1.807, 2.05) is 37.3 Å². The minimum absolute atomic E-state index is 0.102. The number of carbonyl (C=O) groups is 1. The Labute approximate surface area is 153 Å². The standard InChI is InChI=1S/C20H24ClN3O/c1-13-11-12-23-19(21)17(13)14-7-9-16(10-8-14)24-20(25)18(22)15-5-3-2-4-6-15/h7-12,15,18H,2-6,22H2,1H3,(H,24,25)/t18-/m0/s1. The summed E-state index contributed by atoms with van der Waals surface area (Å²) in [4.78, 5) is 16.5. The summed E-state index contributed by atoms with van der Waals surface area (Å²) in [6.45, 7) is 2.00. The number of hydrogen-bond acceptors (Lipinski definition) is 3. The van der Waals surface area contributed by atoms with Crippen LogP contribution in [-0.2, 0) is 4.79 Å². The molecular formula is C20H24ClN3O. The highest BCUT2D eigenvalue weighted by Crippen LogP contribution is 2.30. The number of halogens is 1. The Morgan fingerprint density at radius 2 is 1.88 bits per heavy atom. The van der Waals surface area contributed by atoms with Gasteiger partial charge in [-0.2, -0.15) is 0 Å². The summed E-state index contributed by atoms with van der Waals surface area (Å²) < 4.78 is 0. The van der Waals surface area contributed by atoms with E-state index in [0.717, 1.165) is 35.2 Å². The van der Waals surface area contributed by atoms with E-state index >= 15 is 0 Å². The fourth-order valence-corrected chi connectivity index (χ4v) is 3.84. The third-order valence-corrected chi connectivity index (χ3v) is 5.30. The molecule has 1 aliphatic rings. The molecule has 1 aliphatic carbocycles. The van der Waals surface area contributed by atoms with Crippen LogP contribution in [0.25, 0.3) is 11.1 Å². The number of pyridine rings is 1. The molecule has 1 heterocycles. The molecule has 3 rings (SSSR count). The number of aromatic nitrogens is 1. The molecule has 0 spiro atoms. The largest absolute Gasteiger partial charge is 0.325 e. The van der Waals surface area contributed by atoms with E-state index in [1.54, 1.807) is 6.20 Å². The van der Waals surface area contributed by atoms with Gasteiger partial charge in [-0.25, -0.2) is 4.98 Å². The summed E-state index contributed by atoms with van der Waals surface area (Å²) >= 11 is 6.22. The highest BCUT2D eigenvalue weighted by molar-refractivity contribution is 6.32. The van der Waals surface area contributed by atoms with Crippen LogP contribution in [0.3, 0.4) is 0 Å². The van der Waals surface area contributed by atoms with Crippen molar-refractivity contribution in [1.29, 1.82) is 0 Å². The minimum Gasteiger partial charge on any atom is -0.325 e. The molecule has 0 unspecified atom stereocenters. The van der Waals surface area contributed by atoms with Gasteiger partial charge < -0.3 is 11.1 Å². The summed E-state index contributed by atoms with van der Waals surface area (Å²) in [5, 5.41) is 3.42. The van der Waals surface area contributed by atoms with Crippen molar-refractivity contribution >= 4 is 23.2 Å². The molecule has 1 saturated carbocycles. The molecule has 0 radical (unpaired) electrons. The lowest BCUT2D eigenvalue weighted by Gasteiger charge is -2.26. The van der Waals surface area contributed by atoms with Gasteiger partial charge in [-0.3, -0.25) is 4.79 Å². The number of aryl methyl sites for hydroxylation is 1.